The zero-order chi connectivity index (χ0) is 23.6. The van der Waals surface area contributed by atoms with Gasteiger partial charge in [-0.15, -0.1) is 0 Å². The summed E-state index contributed by atoms with van der Waals surface area (Å²) in [5, 5.41) is 7.35. The third kappa shape index (κ3) is 6.82. The van der Waals surface area contributed by atoms with Crippen LogP contribution in [0, 0.1) is 6.92 Å². The number of carbonyl (C=O) groups excluding carboxylic acids is 2. The minimum absolute atomic E-state index is 0.0866. The van der Waals surface area contributed by atoms with E-state index in [0.29, 0.717) is 22.9 Å². The van der Waals surface area contributed by atoms with Gasteiger partial charge in [0.15, 0.2) is 11.5 Å². The summed E-state index contributed by atoms with van der Waals surface area (Å²) in [6.07, 6.45) is 1.48. The molecule has 0 atom stereocenters. The Labute approximate surface area is 197 Å². The van der Waals surface area contributed by atoms with E-state index in [2.05, 4.69) is 15.8 Å². The Balaban J connectivity index is 1.61. The van der Waals surface area contributed by atoms with Gasteiger partial charge < -0.3 is 14.8 Å². The largest absolute Gasteiger partial charge is 0.490 e. The lowest BCUT2D eigenvalue weighted by Crippen LogP contribution is -2.26. The van der Waals surface area contributed by atoms with Crippen molar-refractivity contribution in [2.45, 2.75) is 13.8 Å². The van der Waals surface area contributed by atoms with E-state index in [-0.39, 0.29) is 23.8 Å². The van der Waals surface area contributed by atoms with Crippen molar-refractivity contribution in [2.75, 3.05) is 18.5 Å². The van der Waals surface area contributed by atoms with E-state index in [0.717, 1.165) is 11.3 Å². The molecule has 0 fully saturated rings. The molecule has 8 heteroatoms. The summed E-state index contributed by atoms with van der Waals surface area (Å²) in [6, 6.07) is 19.3. The molecule has 0 radical (unpaired) electrons. The number of hydrazone groups is 1. The number of nitrogens with one attached hydrogen (secondary N) is 2. The van der Waals surface area contributed by atoms with Crippen LogP contribution in [0.4, 0.5) is 5.69 Å². The van der Waals surface area contributed by atoms with Crippen LogP contribution in [0.3, 0.4) is 0 Å². The van der Waals surface area contributed by atoms with Crippen molar-refractivity contribution < 1.29 is 19.1 Å². The molecule has 0 aliphatic rings. The fourth-order valence-electron chi connectivity index (χ4n) is 2.90. The van der Waals surface area contributed by atoms with Crippen LogP contribution in [0.1, 0.15) is 28.4 Å². The first kappa shape index (κ1) is 23.8. The van der Waals surface area contributed by atoms with Gasteiger partial charge in [0.1, 0.15) is 0 Å². The first-order valence-corrected chi connectivity index (χ1v) is 10.7. The van der Waals surface area contributed by atoms with Gasteiger partial charge in [0, 0.05) is 5.69 Å². The highest BCUT2D eigenvalue weighted by molar-refractivity contribution is 6.33. The van der Waals surface area contributed by atoms with Crippen molar-refractivity contribution in [1.82, 2.24) is 5.43 Å². The number of rotatable bonds is 9. The lowest BCUT2D eigenvalue weighted by Gasteiger charge is -2.12. The number of carbonyl (C=O) groups is 2. The summed E-state index contributed by atoms with van der Waals surface area (Å²) in [5.41, 5.74) is 5.33. The van der Waals surface area contributed by atoms with Crippen LogP contribution in [0.25, 0.3) is 0 Å². The molecule has 0 aliphatic carbocycles. The number of halogens is 1. The van der Waals surface area contributed by atoms with Crippen molar-refractivity contribution >= 4 is 35.4 Å². The van der Waals surface area contributed by atoms with E-state index in [1.807, 2.05) is 38.1 Å². The molecule has 0 saturated carbocycles. The Hall–Kier alpha value is -3.84. The Kier molecular flexibility index (Phi) is 8.43. The van der Waals surface area contributed by atoms with Crippen molar-refractivity contribution in [3.8, 4) is 11.5 Å². The molecule has 170 valence electrons. The Morgan fingerprint density at radius 3 is 2.55 bits per heavy atom. The van der Waals surface area contributed by atoms with Gasteiger partial charge in [-0.2, -0.15) is 5.10 Å². The second-order valence-electron chi connectivity index (χ2n) is 6.97. The third-order valence-corrected chi connectivity index (χ3v) is 4.88. The highest BCUT2D eigenvalue weighted by atomic mass is 35.5. The van der Waals surface area contributed by atoms with Gasteiger partial charge in [-0.25, -0.2) is 10.2 Å². The Bertz CT molecular complexity index is 1160. The maximum atomic E-state index is 12.5. The molecule has 0 aromatic heterocycles. The second kappa shape index (κ2) is 11.7. The molecule has 0 aliphatic heterocycles. The monoisotopic (exact) mass is 465 g/mol. The maximum Gasteiger partial charge on any atom is 0.345 e. The van der Waals surface area contributed by atoms with E-state index in [9.17, 15) is 9.59 Å². The summed E-state index contributed by atoms with van der Waals surface area (Å²) < 4.78 is 11.1. The van der Waals surface area contributed by atoms with Gasteiger partial charge in [-0.05, 0) is 61.4 Å². The number of anilines is 1. The lowest BCUT2D eigenvalue weighted by molar-refractivity contribution is -0.119. The van der Waals surface area contributed by atoms with E-state index >= 15 is 0 Å². The first-order chi connectivity index (χ1) is 16.0. The molecule has 0 spiro atoms. The molecule has 3 rings (SSSR count). The van der Waals surface area contributed by atoms with Crippen molar-refractivity contribution in [1.29, 1.82) is 0 Å². The quantitative estimate of drug-likeness (QED) is 0.204. The minimum Gasteiger partial charge on any atom is -0.490 e. The van der Waals surface area contributed by atoms with Gasteiger partial charge in [-0.1, -0.05) is 41.9 Å². The molecule has 3 aromatic rings. The second-order valence-corrected chi connectivity index (χ2v) is 7.38. The number of ether oxygens (including phenoxy) is 2. The van der Waals surface area contributed by atoms with Crippen molar-refractivity contribution in [2.24, 2.45) is 5.10 Å². The Morgan fingerprint density at radius 2 is 1.79 bits per heavy atom. The number of para-hydroxylation sites is 1. The molecule has 0 saturated heterocycles. The highest BCUT2D eigenvalue weighted by Gasteiger charge is 2.15. The average molecular weight is 466 g/mol. The van der Waals surface area contributed by atoms with Crippen molar-refractivity contribution in [3.05, 3.63) is 88.4 Å². The van der Waals surface area contributed by atoms with Gasteiger partial charge in [0.25, 0.3) is 5.91 Å². The number of aryl methyl sites for hydroxylation is 1. The van der Waals surface area contributed by atoms with E-state index < -0.39 is 5.97 Å². The van der Waals surface area contributed by atoms with Crippen LogP contribution in [0.2, 0.25) is 5.02 Å². The minimum atomic E-state index is -0.587. The zero-order valence-electron chi connectivity index (χ0n) is 18.3. The maximum absolute atomic E-state index is 12.5. The standard InChI is InChI=1S/C25H24ClN3O4/c1-3-32-23-14-18(12-13-22(23)33-25(31)19-9-5-6-10-20(19)26)15-28-29-24(30)16-27-21-11-7-4-8-17(21)2/h4-15,27H,3,16H2,1-2H3,(H,29,30). The molecule has 0 bridgehead atoms. The number of esters is 1. The molecule has 0 unspecified atom stereocenters. The van der Waals surface area contributed by atoms with Gasteiger partial charge in [-0.3, -0.25) is 4.79 Å². The lowest BCUT2D eigenvalue weighted by atomic mass is 10.2. The molecular formula is C25H24ClN3O4. The summed E-state index contributed by atoms with van der Waals surface area (Å²) in [4.78, 5) is 24.5. The number of amides is 1. The summed E-state index contributed by atoms with van der Waals surface area (Å²) in [6.45, 7) is 4.24. The fraction of sp³-hybridized carbons (Fsp3) is 0.160. The normalized spacial score (nSPS) is 10.6. The molecule has 1 amide bonds. The summed E-state index contributed by atoms with van der Waals surface area (Å²) >= 11 is 6.07. The van der Waals surface area contributed by atoms with Gasteiger partial charge >= 0.3 is 5.97 Å². The smallest absolute Gasteiger partial charge is 0.345 e. The number of hydrogen-bond donors (Lipinski definition) is 2. The summed E-state index contributed by atoms with van der Waals surface area (Å²) in [5.74, 6) is -0.249. The third-order valence-electron chi connectivity index (χ3n) is 4.55. The molecular weight excluding hydrogens is 442 g/mol. The number of benzene rings is 3. The Morgan fingerprint density at radius 1 is 1.03 bits per heavy atom. The van der Waals surface area contributed by atoms with E-state index in [1.54, 1.807) is 42.5 Å². The average Bonchev–Trinajstić information content (AvgIpc) is 2.80. The van der Waals surface area contributed by atoms with E-state index in [4.69, 9.17) is 21.1 Å². The van der Waals surface area contributed by atoms with Crippen LogP contribution < -0.4 is 20.2 Å². The topological polar surface area (TPSA) is 89.0 Å². The van der Waals surface area contributed by atoms with Crippen LogP contribution in [-0.4, -0.2) is 31.2 Å². The van der Waals surface area contributed by atoms with Crippen molar-refractivity contribution in [3.63, 3.8) is 0 Å². The van der Waals surface area contributed by atoms with Gasteiger partial charge in [0.2, 0.25) is 0 Å². The molecule has 2 N–H and O–H groups in total. The summed E-state index contributed by atoms with van der Waals surface area (Å²) in [7, 11) is 0. The van der Waals surface area contributed by atoms with Crippen LogP contribution in [-0.2, 0) is 4.79 Å². The SMILES string of the molecule is CCOc1cc(C=NNC(=O)CNc2ccccc2C)ccc1OC(=O)c1ccccc1Cl. The van der Waals surface area contributed by atoms with Crippen LogP contribution in [0.15, 0.2) is 71.8 Å². The van der Waals surface area contributed by atoms with Crippen LogP contribution in [0.5, 0.6) is 11.5 Å². The zero-order valence-corrected chi connectivity index (χ0v) is 19.1. The fourth-order valence-corrected chi connectivity index (χ4v) is 3.12. The number of hydrogen-bond acceptors (Lipinski definition) is 6. The molecule has 0 heterocycles. The first-order valence-electron chi connectivity index (χ1n) is 10.3. The predicted molar refractivity (Wildman–Crippen MR) is 129 cm³/mol. The van der Waals surface area contributed by atoms with Crippen LogP contribution >= 0.6 is 11.6 Å². The molecule has 7 nitrogen and oxygen atoms in total. The number of nitrogens with zero attached hydrogens (tertiary/aromatic N) is 1. The molecule has 33 heavy (non-hydrogen) atoms. The predicted octanol–water partition coefficient (Wildman–Crippen LogP) is 4.83. The van der Waals surface area contributed by atoms with Gasteiger partial charge in [0.05, 0.1) is 30.0 Å². The highest BCUT2D eigenvalue weighted by Crippen LogP contribution is 2.29. The van der Waals surface area contributed by atoms with E-state index in [1.165, 1.54) is 6.21 Å². The molecule has 3 aromatic carbocycles.